The zero-order valence-corrected chi connectivity index (χ0v) is 12.2. The fourth-order valence-corrected chi connectivity index (χ4v) is 2.07. The molecule has 1 aromatic heterocycles. The molecule has 9 heteroatoms. The average molecular weight is 364 g/mol. The highest BCUT2D eigenvalue weighted by Crippen LogP contribution is 2.29. The van der Waals surface area contributed by atoms with Crippen molar-refractivity contribution in [2.45, 2.75) is 0 Å². The molecule has 1 heterocycles. The molecule has 1 aromatic carbocycles. The number of rotatable bonds is 3. The third-order valence-corrected chi connectivity index (χ3v) is 2.99. The van der Waals surface area contributed by atoms with Crippen LogP contribution in [0.4, 0.5) is 17.2 Å². The van der Waals surface area contributed by atoms with E-state index in [1.807, 2.05) is 0 Å². The number of nitro benzene ring substituents is 1. The molecule has 0 aliphatic rings. The lowest BCUT2D eigenvalue weighted by Gasteiger charge is -2.07. The Morgan fingerprint density at radius 1 is 1.32 bits per heavy atom. The number of halogens is 3. The summed E-state index contributed by atoms with van der Waals surface area (Å²) in [6, 6.07) is 4.40. The largest absolute Gasteiger partial charge is 0.339 e. The van der Waals surface area contributed by atoms with Crippen LogP contribution in [0.3, 0.4) is 0 Å². The summed E-state index contributed by atoms with van der Waals surface area (Å²) in [6.45, 7) is 0. The van der Waals surface area contributed by atoms with Gasteiger partial charge in [-0.2, -0.15) is 4.98 Å². The van der Waals surface area contributed by atoms with E-state index in [4.69, 9.17) is 23.2 Å². The van der Waals surface area contributed by atoms with E-state index in [9.17, 15) is 10.1 Å². The summed E-state index contributed by atoms with van der Waals surface area (Å²) in [7, 11) is 0. The minimum absolute atomic E-state index is 0.0244. The molecule has 0 bridgehead atoms. The van der Waals surface area contributed by atoms with Crippen LogP contribution in [0.25, 0.3) is 0 Å². The lowest BCUT2D eigenvalue weighted by Crippen LogP contribution is -1.97. The quantitative estimate of drug-likeness (QED) is 0.502. The Balaban J connectivity index is 2.38. The van der Waals surface area contributed by atoms with Crippen LogP contribution in [-0.2, 0) is 0 Å². The lowest BCUT2D eigenvalue weighted by atomic mass is 10.3. The highest BCUT2D eigenvalue weighted by molar-refractivity contribution is 9.10. The van der Waals surface area contributed by atoms with Crippen LogP contribution >= 0.6 is 39.1 Å². The van der Waals surface area contributed by atoms with Gasteiger partial charge in [-0.1, -0.05) is 27.5 Å². The number of aromatic nitrogens is 2. The van der Waals surface area contributed by atoms with Gasteiger partial charge in [0, 0.05) is 22.3 Å². The standard InChI is InChI=1S/C10H5BrCl2N4O2/c11-5-1-6(3-7(2-5)17(18)19)15-9-8(12)4-14-10(13)16-9/h1-4H,(H,14,15,16). The molecule has 0 aliphatic carbocycles. The minimum atomic E-state index is -0.496. The molecule has 0 atom stereocenters. The van der Waals surface area contributed by atoms with E-state index in [0.717, 1.165) is 0 Å². The highest BCUT2D eigenvalue weighted by atomic mass is 79.9. The number of non-ortho nitro benzene ring substituents is 1. The first-order valence-corrected chi connectivity index (χ1v) is 6.40. The van der Waals surface area contributed by atoms with Crippen molar-refractivity contribution in [3.63, 3.8) is 0 Å². The maximum Gasteiger partial charge on any atom is 0.272 e. The number of hydrogen-bond acceptors (Lipinski definition) is 5. The Bertz CT molecular complexity index is 653. The van der Waals surface area contributed by atoms with Gasteiger partial charge >= 0.3 is 0 Å². The van der Waals surface area contributed by atoms with Crippen molar-refractivity contribution >= 4 is 56.3 Å². The van der Waals surface area contributed by atoms with Gasteiger partial charge in [-0.25, -0.2) is 4.98 Å². The lowest BCUT2D eigenvalue weighted by molar-refractivity contribution is -0.384. The molecule has 1 N–H and O–H groups in total. The maximum atomic E-state index is 10.8. The zero-order valence-electron chi connectivity index (χ0n) is 9.10. The van der Waals surface area contributed by atoms with Crippen molar-refractivity contribution in [1.82, 2.24) is 9.97 Å². The van der Waals surface area contributed by atoms with Crippen LogP contribution in [0.15, 0.2) is 28.9 Å². The first-order valence-electron chi connectivity index (χ1n) is 4.86. The van der Waals surface area contributed by atoms with Gasteiger partial charge in [-0.3, -0.25) is 10.1 Å². The summed E-state index contributed by atoms with van der Waals surface area (Å²) in [4.78, 5) is 17.9. The number of hydrogen-bond donors (Lipinski definition) is 1. The first kappa shape index (κ1) is 14.0. The number of nitrogens with one attached hydrogen (secondary N) is 1. The predicted molar refractivity (Wildman–Crippen MR) is 76.1 cm³/mol. The number of nitro groups is 1. The van der Waals surface area contributed by atoms with Gasteiger partial charge in [0.25, 0.3) is 5.69 Å². The third kappa shape index (κ3) is 3.52. The van der Waals surface area contributed by atoms with Crippen molar-refractivity contribution in [1.29, 1.82) is 0 Å². The molecule has 0 aliphatic heterocycles. The fourth-order valence-electron chi connectivity index (χ4n) is 1.32. The number of anilines is 2. The molecule has 19 heavy (non-hydrogen) atoms. The van der Waals surface area contributed by atoms with E-state index in [1.54, 1.807) is 6.07 Å². The minimum Gasteiger partial charge on any atom is -0.339 e. The third-order valence-electron chi connectivity index (χ3n) is 2.07. The molecule has 0 unspecified atom stereocenters. The average Bonchev–Trinajstić information content (AvgIpc) is 2.33. The highest BCUT2D eigenvalue weighted by Gasteiger charge is 2.11. The number of benzene rings is 1. The van der Waals surface area contributed by atoms with Crippen LogP contribution in [0.2, 0.25) is 10.3 Å². The molecule has 0 spiro atoms. The second kappa shape index (κ2) is 5.68. The SMILES string of the molecule is O=[N+]([O-])c1cc(Br)cc(Nc2nc(Cl)ncc2Cl)c1. The molecule has 2 aromatic rings. The van der Waals surface area contributed by atoms with Crippen molar-refractivity contribution in [2.75, 3.05) is 5.32 Å². The van der Waals surface area contributed by atoms with Gasteiger partial charge < -0.3 is 5.32 Å². The molecule has 0 saturated heterocycles. The summed E-state index contributed by atoms with van der Waals surface area (Å²) >= 11 is 14.7. The van der Waals surface area contributed by atoms with E-state index in [-0.39, 0.29) is 21.8 Å². The summed E-state index contributed by atoms with van der Waals surface area (Å²) in [5.74, 6) is 0.272. The Kier molecular flexibility index (Phi) is 4.18. The Morgan fingerprint density at radius 2 is 2.05 bits per heavy atom. The Labute approximate surface area is 126 Å². The second-order valence-electron chi connectivity index (χ2n) is 3.42. The van der Waals surface area contributed by atoms with Crippen LogP contribution in [0.1, 0.15) is 0 Å². The summed E-state index contributed by atoms with van der Waals surface area (Å²) in [5.41, 5.74) is 0.394. The predicted octanol–water partition coefficient (Wildman–Crippen LogP) is 4.20. The Morgan fingerprint density at radius 3 is 2.74 bits per heavy atom. The van der Waals surface area contributed by atoms with Gasteiger partial charge in [0.1, 0.15) is 5.02 Å². The normalized spacial score (nSPS) is 10.3. The van der Waals surface area contributed by atoms with Crippen molar-refractivity contribution in [2.24, 2.45) is 0 Å². The summed E-state index contributed by atoms with van der Waals surface area (Å²) in [5, 5.41) is 13.9. The molecule has 2 rings (SSSR count). The van der Waals surface area contributed by atoms with Gasteiger partial charge in [0.05, 0.1) is 11.1 Å². The molecule has 0 saturated carbocycles. The molecule has 0 fully saturated rings. The second-order valence-corrected chi connectivity index (χ2v) is 5.08. The van der Waals surface area contributed by atoms with Crippen LogP contribution < -0.4 is 5.32 Å². The van der Waals surface area contributed by atoms with Gasteiger partial charge in [-0.05, 0) is 17.7 Å². The smallest absolute Gasteiger partial charge is 0.272 e. The van der Waals surface area contributed by atoms with Crippen LogP contribution in [-0.4, -0.2) is 14.9 Å². The van der Waals surface area contributed by atoms with Crippen molar-refractivity contribution in [3.8, 4) is 0 Å². The topological polar surface area (TPSA) is 81.0 Å². The molecule has 0 radical (unpaired) electrons. The van der Waals surface area contributed by atoms with Crippen molar-refractivity contribution < 1.29 is 4.92 Å². The molecular formula is C10H5BrCl2N4O2. The Hall–Kier alpha value is -1.44. The van der Waals surface area contributed by atoms with E-state index in [0.29, 0.717) is 10.2 Å². The molecule has 98 valence electrons. The summed E-state index contributed by atoms with van der Waals surface area (Å²) in [6.07, 6.45) is 1.34. The van der Waals surface area contributed by atoms with E-state index >= 15 is 0 Å². The fraction of sp³-hybridized carbons (Fsp3) is 0. The van der Waals surface area contributed by atoms with E-state index in [1.165, 1.54) is 18.3 Å². The molecular weight excluding hydrogens is 359 g/mol. The first-order chi connectivity index (χ1) is 8.95. The van der Waals surface area contributed by atoms with E-state index in [2.05, 4.69) is 31.2 Å². The monoisotopic (exact) mass is 362 g/mol. The number of nitrogens with zero attached hydrogens (tertiary/aromatic N) is 3. The van der Waals surface area contributed by atoms with Crippen molar-refractivity contribution in [3.05, 3.63) is 49.3 Å². The van der Waals surface area contributed by atoms with Crippen LogP contribution in [0, 0.1) is 10.1 Å². The molecule has 0 amide bonds. The molecule has 6 nitrogen and oxygen atoms in total. The van der Waals surface area contributed by atoms with Gasteiger partial charge in [-0.15, -0.1) is 0 Å². The van der Waals surface area contributed by atoms with Gasteiger partial charge in [0.2, 0.25) is 5.28 Å². The summed E-state index contributed by atoms with van der Waals surface area (Å²) < 4.78 is 0.556. The maximum absolute atomic E-state index is 10.8. The van der Waals surface area contributed by atoms with Crippen LogP contribution in [0.5, 0.6) is 0 Å². The zero-order chi connectivity index (χ0) is 14.0. The van der Waals surface area contributed by atoms with E-state index < -0.39 is 4.92 Å². The van der Waals surface area contributed by atoms with Gasteiger partial charge in [0.15, 0.2) is 5.82 Å².